The lowest BCUT2D eigenvalue weighted by Crippen LogP contribution is -2.59. The van der Waals surface area contributed by atoms with Gasteiger partial charge < -0.3 is 15.4 Å². The summed E-state index contributed by atoms with van der Waals surface area (Å²) in [6.07, 6.45) is 4.45. The Balaban J connectivity index is 2.02. The molecular weight excluding hydrogens is 244 g/mol. The first-order chi connectivity index (χ1) is 9.09. The molecule has 0 radical (unpaired) electrons. The Morgan fingerprint density at radius 1 is 1.26 bits per heavy atom. The van der Waals surface area contributed by atoms with Gasteiger partial charge in [-0.25, -0.2) is 4.79 Å². The van der Waals surface area contributed by atoms with Gasteiger partial charge in [-0.1, -0.05) is 26.2 Å². The topological polar surface area (TPSA) is 67.4 Å². The Morgan fingerprint density at radius 2 is 1.89 bits per heavy atom. The van der Waals surface area contributed by atoms with Crippen LogP contribution < -0.4 is 10.6 Å². The van der Waals surface area contributed by atoms with Crippen LogP contribution in [0.1, 0.15) is 39.0 Å². The molecule has 2 fully saturated rings. The van der Waals surface area contributed by atoms with E-state index in [2.05, 4.69) is 10.6 Å². The highest BCUT2D eigenvalue weighted by atomic mass is 16.5. The minimum atomic E-state index is -0.782. The number of rotatable bonds is 4. The largest absolute Gasteiger partial charge is 0.467 e. The molecule has 2 N–H and O–H groups in total. The second-order valence-electron chi connectivity index (χ2n) is 5.83. The summed E-state index contributed by atoms with van der Waals surface area (Å²) in [4.78, 5) is 24.4. The van der Waals surface area contributed by atoms with Gasteiger partial charge in [0.1, 0.15) is 5.54 Å². The normalized spacial score (nSPS) is 24.1. The first-order valence-electron chi connectivity index (χ1n) is 7.20. The summed E-state index contributed by atoms with van der Waals surface area (Å²) in [5.74, 6) is 0.0290. The molecule has 1 saturated carbocycles. The molecule has 0 aromatic carbocycles. The highest BCUT2D eigenvalue weighted by Crippen LogP contribution is 2.30. The molecular formula is C14H24N2O3. The Hall–Kier alpha value is -1.10. The van der Waals surface area contributed by atoms with Crippen LogP contribution in [0.5, 0.6) is 0 Å². The van der Waals surface area contributed by atoms with E-state index in [1.165, 1.54) is 7.11 Å². The molecule has 1 saturated heterocycles. The van der Waals surface area contributed by atoms with Crippen molar-refractivity contribution < 1.29 is 14.3 Å². The molecule has 5 heteroatoms. The minimum absolute atomic E-state index is 0.0150. The Bertz CT molecular complexity index is 347. The van der Waals surface area contributed by atoms with Crippen molar-refractivity contribution in [2.75, 3.05) is 20.2 Å². The van der Waals surface area contributed by atoms with Crippen LogP contribution in [0.3, 0.4) is 0 Å². The van der Waals surface area contributed by atoms with Crippen molar-refractivity contribution in [2.45, 2.75) is 44.6 Å². The van der Waals surface area contributed by atoms with Gasteiger partial charge in [0.15, 0.2) is 0 Å². The Labute approximate surface area is 114 Å². The fourth-order valence-corrected chi connectivity index (χ4v) is 2.96. The summed E-state index contributed by atoms with van der Waals surface area (Å²) >= 11 is 0. The molecule has 19 heavy (non-hydrogen) atoms. The van der Waals surface area contributed by atoms with E-state index < -0.39 is 5.54 Å². The molecule has 1 atom stereocenters. The van der Waals surface area contributed by atoms with Crippen LogP contribution in [0.15, 0.2) is 0 Å². The standard InChI is InChI=1S/C14H24N2O3/c1-10(11-8-15-9-11)12(17)16-14(13(18)19-2)6-4-3-5-7-14/h10-11,15H,3-9H2,1-2H3,(H,16,17). The summed E-state index contributed by atoms with van der Waals surface area (Å²) in [5.41, 5.74) is -0.782. The molecule has 0 aromatic rings. The number of carbonyl (C=O) groups is 2. The van der Waals surface area contributed by atoms with Crippen molar-refractivity contribution >= 4 is 11.9 Å². The van der Waals surface area contributed by atoms with Gasteiger partial charge in [0.2, 0.25) is 5.91 Å². The summed E-state index contributed by atoms with van der Waals surface area (Å²) in [7, 11) is 1.39. The fourth-order valence-electron chi connectivity index (χ4n) is 2.96. The van der Waals surface area contributed by atoms with Gasteiger partial charge in [-0.15, -0.1) is 0 Å². The number of hydrogen-bond donors (Lipinski definition) is 2. The highest BCUT2D eigenvalue weighted by Gasteiger charge is 2.43. The van der Waals surface area contributed by atoms with Crippen LogP contribution in [-0.4, -0.2) is 37.6 Å². The maximum absolute atomic E-state index is 12.3. The van der Waals surface area contributed by atoms with Crippen molar-refractivity contribution in [3.8, 4) is 0 Å². The van der Waals surface area contributed by atoms with E-state index in [0.717, 1.165) is 32.4 Å². The number of esters is 1. The van der Waals surface area contributed by atoms with Gasteiger partial charge in [0, 0.05) is 5.92 Å². The van der Waals surface area contributed by atoms with Crippen LogP contribution in [-0.2, 0) is 14.3 Å². The summed E-state index contributed by atoms with van der Waals surface area (Å²) < 4.78 is 4.91. The SMILES string of the molecule is COC(=O)C1(NC(=O)C(C)C2CNC2)CCCCC1. The van der Waals surface area contributed by atoms with Crippen LogP contribution >= 0.6 is 0 Å². The van der Waals surface area contributed by atoms with Gasteiger partial charge in [-0.3, -0.25) is 4.79 Å². The van der Waals surface area contributed by atoms with Gasteiger partial charge in [-0.2, -0.15) is 0 Å². The molecule has 5 nitrogen and oxygen atoms in total. The molecule has 0 spiro atoms. The van der Waals surface area contributed by atoms with Crippen molar-refractivity contribution in [3.63, 3.8) is 0 Å². The molecule has 1 unspecified atom stereocenters. The van der Waals surface area contributed by atoms with E-state index in [9.17, 15) is 9.59 Å². The smallest absolute Gasteiger partial charge is 0.331 e. The van der Waals surface area contributed by atoms with E-state index in [4.69, 9.17) is 4.74 Å². The minimum Gasteiger partial charge on any atom is -0.467 e. The third-order valence-electron chi connectivity index (χ3n) is 4.58. The zero-order valence-corrected chi connectivity index (χ0v) is 11.8. The predicted octanol–water partition coefficient (Wildman–Crippen LogP) is 0.834. The number of amides is 1. The van der Waals surface area contributed by atoms with Crippen LogP contribution in [0.2, 0.25) is 0 Å². The molecule has 2 aliphatic rings. The summed E-state index contributed by atoms with van der Waals surface area (Å²) in [5, 5.41) is 6.16. The lowest BCUT2D eigenvalue weighted by Gasteiger charge is -2.38. The first kappa shape index (κ1) is 14.3. The zero-order chi connectivity index (χ0) is 13.9. The Kier molecular flexibility index (Phi) is 4.45. The zero-order valence-electron chi connectivity index (χ0n) is 11.8. The van der Waals surface area contributed by atoms with E-state index >= 15 is 0 Å². The molecule has 2 rings (SSSR count). The lowest BCUT2D eigenvalue weighted by molar-refractivity contribution is -0.153. The number of hydrogen-bond acceptors (Lipinski definition) is 4. The quantitative estimate of drug-likeness (QED) is 0.741. The third kappa shape index (κ3) is 2.91. The monoisotopic (exact) mass is 268 g/mol. The maximum atomic E-state index is 12.3. The van der Waals surface area contributed by atoms with Gasteiger partial charge in [0.25, 0.3) is 0 Å². The van der Waals surface area contributed by atoms with E-state index in [-0.39, 0.29) is 17.8 Å². The number of ether oxygens (including phenoxy) is 1. The number of carbonyl (C=O) groups excluding carboxylic acids is 2. The lowest BCUT2D eigenvalue weighted by atomic mass is 9.80. The van der Waals surface area contributed by atoms with Crippen LogP contribution in [0.4, 0.5) is 0 Å². The van der Waals surface area contributed by atoms with Crippen molar-refractivity contribution in [1.29, 1.82) is 0 Å². The maximum Gasteiger partial charge on any atom is 0.331 e. The molecule has 1 aliphatic carbocycles. The Morgan fingerprint density at radius 3 is 2.37 bits per heavy atom. The molecule has 1 heterocycles. The van der Waals surface area contributed by atoms with Crippen molar-refractivity contribution in [1.82, 2.24) is 10.6 Å². The summed E-state index contributed by atoms with van der Waals surface area (Å²) in [6.45, 7) is 3.72. The van der Waals surface area contributed by atoms with E-state index in [1.807, 2.05) is 6.92 Å². The second-order valence-corrected chi connectivity index (χ2v) is 5.83. The van der Waals surface area contributed by atoms with E-state index in [0.29, 0.717) is 18.8 Å². The summed E-state index contributed by atoms with van der Waals surface area (Å²) in [6, 6.07) is 0. The van der Waals surface area contributed by atoms with E-state index in [1.54, 1.807) is 0 Å². The van der Waals surface area contributed by atoms with Crippen molar-refractivity contribution in [3.05, 3.63) is 0 Å². The average Bonchev–Trinajstić information content (AvgIpc) is 2.36. The van der Waals surface area contributed by atoms with Crippen LogP contribution in [0.25, 0.3) is 0 Å². The third-order valence-corrected chi connectivity index (χ3v) is 4.58. The van der Waals surface area contributed by atoms with Crippen molar-refractivity contribution in [2.24, 2.45) is 11.8 Å². The van der Waals surface area contributed by atoms with Gasteiger partial charge >= 0.3 is 5.97 Å². The molecule has 0 aromatic heterocycles. The highest BCUT2D eigenvalue weighted by molar-refractivity contribution is 5.89. The first-order valence-corrected chi connectivity index (χ1v) is 7.20. The molecule has 1 aliphatic heterocycles. The average molecular weight is 268 g/mol. The molecule has 1 amide bonds. The molecule has 0 bridgehead atoms. The van der Waals surface area contributed by atoms with Gasteiger partial charge in [-0.05, 0) is 31.8 Å². The number of methoxy groups -OCH3 is 1. The van der Waals surface area contributed by atoms with Gasteiger partial charge in [0.05, 0.1) is 7.11 Å². The second kappa shape index (κ2) is 5.90. The molecule has 108 valence electrons. The van der Waals surface area contributed by atoms with Crippen LogP contribution in [0, 0.1) is 11.8 Å². The predicted molar refractivity (Wildman–Crippen MR) is 71.5 cm³/mol. The number of nitrogens with one attached hydrogen (secondary N) is 2. The fraction of sp³-hybridized carbons (Fsp3) is 0.857.